The molecule has 96 valence electrons. The summed E-state index contributed by atoms with van der Waals surface area (Å²) < 4.78 is 0. The Bertz CT molecular complexity index is 200. The van der Waals surface area contributed by atoms with E-state index in [9.17, 15) is 0 Å². The van der Waals surface area contributed by atoms with Gasteiger partial charge in [0.15, 0.2) is 0 Å². The van der Waals surface area contributed by atoms with E-state index in [1.54, 1.807) is 5.57 Å². The van der Waals surface area contributed by atoms with E-state index in [1.165, 1.54) is 19.3 Å². The van der Waals surface area contributed by atoms with Gasteiger partial charge in [-0.1, -0.05) is 59.6 Å². The van der Waals surface area contributed by atoms with Crippen molar-refractivity contribution in [1.29, 1.82) is 0 Å². The van der Waals surface area contributed by atoms with Gasteiger partial charge in [0.2, 0.25) is 0 Å². The van der Waals surface area contributed by atoms with Crippen LogP contribution in [0.1, 0.15) is 67.7 Å². The molecule has 0 radical (unpaired) electrons. The summed E-state index contributed by atoms with van der Waals surface area (Å²) in [6, 6.07) is 0. The highest BCUT2D eigenvalue weighted by molar-refractivity contribution is 5.02. The minimum absolute atomic E-state index is 0.770. The van der Waals surface area contributed by atoms with Gasteiger partial charge < -0.3 is 0 Å². The lowest BCUT2D eigenvalue weighted by Gasteiger charge is -2.23. The topological polar surface area (TPSA) is 0 Å². The summed E-state index contributed by atoms with van der Waals surface area (Å²) in [6.07, 6.45) is 6.35. The molecule has 0 bridgehead atoms. The molecule has 0 aliphatic heterocycles. The number of hydrogen-bond acceptors (Lipinski definition) is 0. The van der Waals surface area contributed by atoms with Gasteiger partial charge >= 0.3 is 0 Å². The molecule has 16 heavy (non-hydrogen) atoms. The number of hydrogen-bond donors (Lipinski definition) is 0. The first-order valence-electron chi connectivity index (χ1n) is 7.06. The van der Waals surface area contributed by atoms with Crippen molar-refractivity contribution in [3.05, 3.63) is 11.6 Å². The summed E-state index contributed by atoms with van der Waals surface area (Å²) in [5.41, 5.74) is 1.59. The van der Waals surface area contributed by atoms with E-state index < -0.39 is 0 Å². The highest BCUT2D eigenvalue weighted by Gasteiger charge is 2.14. The van der Waals surface area contributed by atoms with Crippen LogP contribution < -0.4 is 0 Å². The normalized spacial score (nSPS) is 18.6. The minimum atomic E-state index is 0.770. The van der Waals surface area contributed by atoms with Gasteiger partial charge in [0.05, 0.1) is 0 Å². The Morgan fingerprint density at radius 1 is 1.06 bits per heavy atom. The Balaban J connectivity index is 4.15. The molecule has 0 fully saturated rings. The van der Waals surface area contributed by atoms with Gasteiger partial charge in [0.1, 0.15) is 0 Å². The third-order valence-corrected chi connectivity index (χ3v) is 4.26. The highest BCUT2D eigenvalue weighted by atomic mass is 14.2. The van der Waals surface area contributed by atoms with Crippen molar-refractivity contribution in [3.63, 3.8) is 0 Å². The Labute approximate surface area is 104 Å². The van der Waals surface area contributed by atoms with Crippen molar-refractivity contribution >= 4 is 0 Å². The second-order valence-electron chi connectivity index (χ2n) is 5.95. The molecule has 0 amide bonds. The Kier molecular flexibility index (Phi) is 7.80. The van der Waals surface area contributed by atoms with Gasteiger partial charge in [-0.3, -0.25) is 0 Å². The molecule has 0 rings (SSSR count). The van der Waals surface area contributed by atoms with Crippen LogP contribution in [0.25, 0.3) is 0 Å². The fraction of sp³-hybridized carbons (Fsp3) is 0.875. The summed E-state index contributed by atoms with van der Waals surface area (Å²) in [5, 5.41) is 0. The molecule has 0 aliphatic rings. The van der Waals surface area contributed by atoms with Crippen molar-refractivity contribution in [2.75, 3.05) is 0 Å². The highest BCUT2D eigenvalue weighted by Crippen LogP contribution is 2.25. The Morgan fingerprint density at radius 2 is 1.62 bits per heavy atom. The van der Waals surface area contributed by atoms with Gasteiger partial charge in [0, 0.05) is 0 Å². The average Bonchev–Trinajstić information content (AvgIpc) is 2.24. The maximum absolute atomic E-state index is 2.48. The molecule has 0 saturated carbocycles. The first-order valence-corrected chi connectivity index (χ1v) is 7.06. The fourth-order valence-electron chi connectivity index (χ4n) is 2.11. The third-order valence-electron chi connectivity index (χ3n) is 4.26. The molecule has 3 atom stereocenters. The quantitative estimate of drug-likeness (QED) is 0.487. The van der Waals surface area contributed by atoms with Crippen LogP contribution >= 0.6 is 0 Å². The van der Waals surface area contributed by atoms with Gasteiger partial charge in [-0.25, -0.2) is 0 Å². The maximum atomic E-state index is 2.48. The molecule has 0 saturated heterocycles. The molecule has 0 aromatic carbocycles. The molecule has 0 heterocycles. The molecule has 0 spiro atoms. The van der Waals surface area contributed by atoms with Gasteiger partial charge in [-0.05, 0) is 43.4 Å². The first kappa shape index (κ1) is 15.7. The summed E-state index contributed by atoms with van der Waals surface area (Å²) >= 11 is 0. The lowest BCUT2D eigenvalue weighted by atomic mass is 9.83. The van der Waals surface area contributed by atoms with Crippen LogP contribution in [0.4, 0.5) is 0 Å². The first-order chi connectivity index (χ1) is 7.40. The molecule has 0 aromatic rings. The van der Waals surface area contributed by atoms with Crippen LogP contribution in [0.15, 0.2) is 11.6 Å². The smallest absolute Gasteiger partial charge is 0.0235 e. The molecule has 0 heteroatoms. The lowest BCUT2D eigenvalue weighted by molar-refractivity contribution is 0.297. The van der Waals surface area contributed by atoms with E-state index in [1.807, 2.05) is 0 Å². The fourth-order valence-corrected chi connectivity index (χ4v) is 2.11. The van der Waals surface area contributed by atoms with E-state index in [-0.39, 0.29) is 0 Å². The van der Waals surface area contributed by atoms with E-state index >= 15 is 0 Å². The maximum Gasteiger partial charge on any atom is -0.0235 e. The lowest BCUT2D eigenvalue weighted by Crippen LogP contribution is -2.13. The molecule has 3 unspecified atom stereocenters. The summed E-state index contributed by atoms with van der Waals surface area (Å²) in [4.78, 5) is 0. The zero-order valence-electron chi connectivity index (χ0n) is 12.5. The Hall–Kier alpha value is -0.260. The predicted molar refractivity (Wildman–Crippen MR) is 75.6 cm³/mol. The molecular formula is C16H32. The molecular weight excluding hydrogens is 192 g/mol. The van der Waals surface area contributed by atoms with E-state index in [0.717, 1.165) is 23.7 Å². The van der Waals surface area contributed by atoms with Crippen LogP contribution in [-0.2, 0) is 0 Å². The van der Waals surface area contributed by atoms with Crippen molar-refractivity contribution in [3.8, 4) is 0 Å². The van der Waals surface area contributed by atoms with Crippen molar-refractivity contribution < 1.29 is 0 Å². The van der Waals surface area contributed by atoms with Gasteiger partial charge in [-0.15, -0.1) is 0 Å². The predicted octanol–water partition coefficient (Wildman–Crippen LogP) is 5.69. The average molecular weight is 224 g/mol. The summed E-state index contributed by atoms with van der Waals surface area (Å²) in [5.74, 6) is 3.21. The van der Waals surface area contributed by atoms with E-state index in [2.05, 4.69) is 54.5 Å². The van der Waals surface area contributed by atoms with Crippen LogP contribution in [-0.4, -0.2) is 0 Å². The largest absolute Gasteiger partial charge is 0.0851 e. The zero-order valence-corrected chi connectivity index (χ0v) is 12.5. The minimum Gasteiger partial charge on any atom is -0.0851 e. The molecule has 0 aliphatic carbocycles. The monoisotopic (exact) mass is 224 g/mol. The molecule has 0 N–H and O–H groups in total. The van der Waals surface area contributed by atoms with Crippen LogP contribution in [0.5, 0.6) is 0 Å². The SMILES string of the molecule is CCCC(C)C(C)=CCC(C)C(C)C(C)C. The standard InChI is InChI=1S/C16H32/c1-8-9-13(4)14(5)10-11-15(6)16(7)12(2)3/h10,12-13,15-16H,8-9,11H2,1-7H3. The van der Waals surface area contributed by atoms with Crippen molar-refractivity contribution in [2.24, 2.45) is 23.7 Å². The molecule has 0 aromatic heterocycles. The molecule has 0 nitrogen and oxygen atoms in total. The van der Waals surface area contributed by atoms with Gasteiger partial charge in [-0.2, -0.15) is 0 Å². The second-order valence-corrected chi connectivity index (χ2v) is 5.95. The number of rotatable bonds is 7. The Morgan fingerprint density at radius 3 is 2.06 bits per heavy atom. The van der Waals surface area contributed by atoms with Crippen LogP contribution in [0.2, 0.25) is 0 Å². The van der Waals surface area contributed by atoms with Crippen LogP contribution in [0, 0.1) is 23.7 Å². The number of allylic oxidation sites excluding steroid dienone is 2. The van der Waals surface area contributed by atoms with E-state index in [0.29, 0.717) is 0 Å². The zero-order chi connectivity index (χ0) is 12.7. The van der Waals surface area contributed by atoms with Crippen molar-refractivity contribution in [1.82, 2.24) is 0 Å². The van der Waals surface area contributed by atoms with Crippen LogP contribution in [0.3, 0.4) is 0 Å². The van der Waals surface area contributed by atoms with E-state index in [4.69, 9.17) is 0 Å². The summed E-state index contributed by atoms with van der Waals surface area (Å²) in [6.45, 7) is 16.4. The second kappa shape index (κ2) is 7.92. The van der Waals surface area contributed by atoms with Crippen molar-refractivity contribution in [2.45, 2.75) is 67.7 Å². The third kappa shape index (κ3) is 5.72. The summed E-state index contributed by atoms with van der Waals surface area (Å²) in [7, 11) is 0. The van der Waals surface area contributed by atoms with Gasteiger partial charge in [0.25, 0.3) is 0 Å².